The molecule has 33 heavy (non-hydrogen) atoms. The van der Waals surface area contributed by atoms with Gasteiger partial charge in [-0.25, -0.2) is 4.79 Å². The molecule has 1 saturated heterocycles. The van der Waals surface area contributed by atoms with E-state index in [4.69, 9.17) is 8.83 Å². The van der Waals surface area contributed by atoms with Gasteiger partial charge in [-0.15, -0.1) is 10.2 Å². The van der Waals surface area contributed by atoms with Gasteiger partial charge in [-0.3, -0.25) is 14.7 Å². The summed E-state index contributed by atoms with van der Waals surface area (Å²) >= 11 is 1.23. The van der Waals surface area contributed by atoms with Gasteiger partial charge in [-0.05, 0) is 42.5 Å². The van der Waals surface area contributed by atoms with Crippen LogP contribution in [0.3, 0.4) is 0 Å². The van der Waals surface area contributed by atoms with E-state index in [1.54, 1.807) is 18.4 Å². The van der Waals surface area contributed by atoms with E-state index in [0.717, 1.165) is 24.8 Å². The zero-order valence-electron chi connectivity index (χ0n) is 18.7. The Hall–Kier alpha value is -3.21. The molecule has 0 bridgehead atoms. The van der Waals surface area contributed by atoms with Gasteiger partial charge < -0.3 is 19.1 Å². The molecule has 1 aliphatic rings. The van der Waals surface area contributed by atoms with E-state index in [9.17, 15) is 9.59 Å². The molecule has 0 aromatic carbocycles. The normalized spacial score (nSPS) is 18.3. The van der Waals surface area contributed by atoms with Gasteiger partial charge in [-0.1, -0.05) is 25.6 Å². The molecule has 176 valence electrons. The predicted octanol–water partition coefficient (Wildman–Crippen LogP) is 3.11. The van der Waals surface area contributed by atoms with Crippen molar-refractivity contribution in [2.45, 2.75) is 38.5 Å². The maximum atomic E-state index is 12.3. The zero-order valence-corrected chi connectivity index (χ0v) is 19.5. The Morgan fingerprint density at radius 2 is 1.79 bits per heavy atom. The molecule has 1 fully saturated rings. The van der Waals surface area contributed by atoms with Crippen LogP contribution in [0.15, 0.2) is 50.8 Å². The Balaban J connectivity index is 1.39. The summed E-state index contributed by atoms with van der Waals surface area (Å²) in [6.07, 6.45) is 4.34. The standard InChI is InChI=1S/C22H28N6O4S/c1-15-9-16(2)12-27(11-15)21-25-26-22(28(21)13-18-6-4-8-32-18)33-14-19(29)24-20(30)23-10-17-5-3-7-31-17/h3-8,15-16H,9-14H2,1-2H3,(H2,23,24,29,30). The third-order valence-electron chi connectivity index (χ3n) is 5.33. The lowest BCUT2D eigenvalue weighted by Crippen LogP contribution is -2.40. The lowest BCUT2D eigenvalue weighted by Gasteiger charge is -2.35. The number of hydrogen-bond acceptors (Lipinski definition) is 8. The molecular weight excluding hydrogens is 444 g/mol. The number of carbonyl (C=O) groups is 2. The van der Waals surface area contributed by atoms with Gasteiger partial charge in [0.15, 0.2) is 5.16 Å². The Morgan fingerprint density at radius 3 is 2.45 bits per heavy atom. The molecule has 1 aliphatic heterocycles. The average molecular weight is 473 g/mol. The van der Waals surface area contributed by atoms with Gasteiger partial charge in [0.2, 0.25) is 11.9 Å². The number of piperidine rings is 1. The molecule has 0 aliphatic carbocycles. The Bertz CT molecular complexity index is 1040. The van der Waals surface area contributed by atoms with Crippen molar-refractivity contribution in [1.29, 1.82) is 0 Å². The smallest absolute Gasteiger partial charge is 0.321 e. The van der Waals surface area contributed by atoms with Gasteiger partial charge in [-0.2, -0.15) is 0 Å². The van der Waals surface area contributed by atoms with Crippen molar-refractivity contribution >= 4 is 29.6 Å². The van der Waals surface area contributed by atoms with Gasteiger partial charge >= 0.3 is 6.03 Å². The van der Waals surface area contributed by atoms with Gasteiger partial charge in [0.1, 0.15) is 11.5 Å². The summed E-state index contributed by atoms with van der Waals surface area (Å²) in [5.41, 5.74) is 0. The van der Waals surface area contributed by atoms with Gasteiger partial charge in [0, 0.05) is 13.1 Å². The van der Waals surface area contributed by atoms with Crippen molar-refractivity contribution in [3.63, 3.8) is 0 Å². The van der Waals surface area contributed by atoms with Crippen molar-refractivity contribution in [2.75, 3.05) is 23.7 Å². The van der Waals surface area contributed by atoms with Crippen LogP contribution in [0, 0.1) is 11.8 Å². The number of anilines is 1. The minimum atomic E-state index is -0.578. The first kappa shape index (κ1) is 23.0. The van der Waals surface area contributed by atoms with E-state index in [1.807, 2.05) is 16.7 Å². The summed E-state index contributed by atoms with van der Waals surface area (Å²) in [7, 11) is 0. The van der Waals surface area contributed by atoms with E-state index in [2.05, 4.69) is 39.6 Å². The fraction of sp³-hybridized carbons (Fsp3) is 0.455. The Kier molecular flexibility index (Phi) is 7.38. The summed E-state index contributed by atoms with van der Waals surface area (Å²) in [6.45, 7) is 6.96. The fourth-order valence-electron chi connectivity index (χ4n) is 4.06. The molecule has 4 heterocycles. The number of nitrogens with one attached hydrogen (secondary N) is 2. The second-order valence-corrected chi connectivity index (χ2v) is 9.34. The first-order valence-electron chi connectivity index (χ1n) is 10.9. The van der Waals surface area contributed by atoms with Crippen molar-refractivity contribution in [3.8, 4) is 0 Å². The summed E-state index contributed by atoms with van der Waals surface area (Å²) in [6, 6.07) is 6.63. The number of amides is 3. The molecule has 2 unspecified atom stereocenters. The van der Waals surface area contributed by atoms with Gasteiger partial charge in [0.05, 0.1) is 31.4 Å². The molecule has 10 nitrogen and oxygen atoms in total. The molecular formula is C22H28N6O4S. The molecule has 11 heteroatoms. The third kappa shape index (κ3) is 6.19. The van der Waals surface area contributed by atoms with Crippen LogP contribution in [0.4, 0.5) is 10.7 Å². The van der Waals surface area contributed by atoms with E-state index in [-0.39, 0.29) is 12.3 Å². The van der Waals surface area contributed by atoms with E-state index >= 15 is 0 Å². The molecule has 0 radical (unpaired) electrons. The van der Waals surface area contributed by atoms with Gasteiger partial charge in [0.25, 0.3) is 0 Å². The Morgan fingerprint density at radius 1 is 1.09 bits per heavy atom. The summed E-state index contributed by atoms with van der Waals surface area (Å²) in [5, 5.41) is 14.3. The van der Waals surface area contributed by atoms with Crippen LogP contribution < -0.4 is 15.5 Å². The highest BCUT2D eigenvalue weighted by Crippen LogP contribution is 2.29. The van der Waals surface area contributed by atoms with Crippen molar-refractivity contribution in [1.82, 2.24) is 25.4 Å². The largest absolute Gasteiger partial charge is 0.467 e. The summed E-state index contributed by atoms with van der Waals surface area (Å²) in [5.74, 6) is 2.87. The third-order valence-corrected chi connectivity index (χ3v) is 6.30. The molecule has 2 atom stereocenters. The highest BCUT2D eigenvalue weighted by Gasteiger charge is 2.27. The minimum absolute atomic E-state index is 0.0251. The lowest BCUT2D eigenvalue weighted by molar-refractivity contribution is -0.117. The number of hydrogen-bond donors (Lipinski definition) is 2. The highest BCUT2D eigenvalue weighted by atomic mass is 32.2. The van der Waals surface area contributed by atoms with Crippen LogP contribution in [-0.4, -0.2) is 45.5 Å². The maximum absolute atomic E-state index is 12.3. The van der Waals surface area contributed by atoms with E-state index in [0.29, 0.717) is 29.3 Å². The molecule has 3 aromatic heterocycles. The number of thioether (sulfide) groups is 1. The van der Waals surface area contributed by atoms with Crippen LogP contribution in [0.5, 0.6) is 0 Å². The minimum Gasteiger partial charge on any atom is -0.467 e. The number of furan rings is 2. The molecule has 3 amide bonds. The van der Waals surface area contributed by atoms with Crippen LogP contribution in [0.1, 0.15) is 31.8 Å². The average Bonchev–Trinajstić information content (AvgIpc) is 3.53. The van der Waals surface area contributed by atoms with Crippen LogP contribution in [0.25, 0.3) is 0 Å². The first-order valence-corrected chi connectivity index (χ1v) is 11.9. The summed E-state index contributed by atoms with van der Waals surface area (Å²) < 4.78 is 12.7. The van der Waals surface area contributed by atoms with Crippen LogP contribution in [0.2, 0.25) is 0 Å². The number of carbonyl (C=O) groups excluding carboxylic acids is 2. The number of rotatable bonds is 8. The van der Waals surface area contributed by atoms with E-state index in [1.165, 1.54) is 24.4 Å². The number of imide groups is 1. The second-order valence-electron chi connectivity index (χ2n) is 8.40. The quantitative estimate of drug-likeness (QED) is 0.480. The molecule has 0 spiro atoms. The Labute approximate surface area is 196 Å². The predicted molar refractivity (Wildman–Crippen MR) is 123 cm³/mol. The zero-order chi connectivity index (χ0) is 23.2. The number of urea groups is 1. The number of aromatic nitrogens is 3. The monoisotopic (exact) mass is 472 g/mol. The van der Waals surface area contributed by atoms with Crippen molar-refractivity contribution in [3.05, 3.63) is 48.3 Å². The van der Waals surface area contributed by atoms with Crippen molar-refractivity contribution < 1.29 is 18.4 Å². The molecule has 2 N–H and O–H groups in total. The highest BCUT2D eigenvalue weighted by molar-refractivity contribution is 7.99. The van der Waals surface area contributed by atoms with Crippen molar-refractivity contribution in [2.24, 2.45) is 11.8 Å². The topological polar surface area (TPSA) is 118 Å². The number of nitrogens with zero attached hydrogens (tertiary/aromatic N) is 4. The summed E-state index contributed by atoms with van der Waals surface area (Å²) in [4.78, 5) is 26.5. The SMILES string of the molecule is CC1CC(C)CN(c2nnc(SCC(=O)NC(=O)NCc3ccco3)n2Cc2ccco2)C1. The lowest BCUT2D eigenvalue weighted by atomic mass is 9.92. The maximum Gasteiger partial charge on any atom is 0.321 e. The second kappa shape index (κ2) is 10.6. The first-order chi connectivity index (χ1) is 16.0. The van der Waals surface area contributed by atoms with E-state index < -0.39 is 11.9 Å². The van der Waals surface area contributed by atoms with Crippen LogP contribution >= 0.6 is 11.8 Å². The fourth-order valence-corrected chi connectivity index (χ4v) is 4.80. The molecule has 4 rings (SSSR count). The molecule has 0 saturated carbocycles. The van der Waals surface area contributed by atoms with Crippen LogP contribution in [-0.2, 0) is 17.9 Å². The molecule has 3 aromatic rings.